The van der Waals surface area contributed by atoms with Crippen molar-refractivity contribution in [2.24, 2.45) is 0 Å². The van der Waals surface area contributed by atoms with Gasteiger partial charge < -0.3 is 38.3 Å². The number of ether oxygens (including phenoxy) is 7. The normalized spacial score (nSPS) is 10.9. The third-order valence-corrected chi connectivity index (χ3v) is 5.69. The van der Waals surface area contributed by atoms with E-state index in [4.69, 9.17) is 33.2 Å². The number of rotatable bonds is 10. The van der Waals surface area contributed by atoms with E-state index in [1.54, 1.807) is 62.8 Å². The fourth-order valence-corrected chi connectivity index (χ4v) is 4.02. The van der Waals surface area contributed by atoms with E-state index >= 15 is 0 Å². The number of methoxy groups -OCH3 is 7. The van der Waals surface area contributed by atoms with Gasteiger partial charge >= 0.3 is 0 Å². The Hall–Kier alpha value is -3.78. The lowest BCUT2D eigenvalue weighted by atomic mass is 9.78. The van der Waals surface area contributed by atoms with Crippen molar-refractivity contribution < 1.29 is 38.3 Å². The monoisotopic (exact) mass is 470 g/mol. The van der Waals surface area contributed by atoms with E-state index < -0.39 is 5.60 Å². The zero-order valence-electron chi connectivity index (χ0n) is 20.4. The topological polar surface area (TPSA) is 84.8 Å². The summed E-state index contributed by atoms with van der Waals surface area (Å²) >= 11 is 0. The minimum absolute atomic E-state index is 0.292. The Bertz CT molecular complexity index is 1090. The first-order chi connectivity index (χ1) is 16.4. The minimum Gasteiger partial charge on any atom is -0.497 e. The number of hydrogen-bond acceptors (Lipinski definition) is 8. The summed E-state index contributed by atoms with van der Waals surface area (Å²) < 4.78 is 38.8. The van der Waals surface area contributed by atoms with Gasteiger partial charge in [0.25, 0.3) is 0 Å². The van der Waals surface area contributed by atoms with Gasteiger partial charge in [0.2, 0.25) is 5.75 Å². The van der Waals surface area contributed by atoms with Gasteiger partial charge in [0.15, 0.2) is 17.1 Å². The van der Waals surface area contributed by atoms with Crippen LogP contribution in [0.15, 0.2) is 48.5 Å². The Morgan fingerprint density at radius 3 is 1.29 bits per heavy atom. The molecular weight excluding hydrogens is 440 g/mol. The van der Waals surface area contributed by atoms with Crippen LogP contribution in [0, 0.1) is 0 Å². The molecule has 0 amide bonds. The molecule has 1 N–H and O–H groups in total. The summed E-state index contributed by atoms with van der Waals surface area (Å²) in [6, 6.07) is 13.8. The van der Waals surface area contributed by atoms with Gasteiger partial charge in [0.1, 0.15) is 23.0 Å². The molecule has 8 heteroatoms. The van der Waals surface area contributed by atoms with Crippen molar-refractivity contribution >= 4 is 0 Å². The predicted molar refractivity (Wildman–Crippen MR) is 127 cm³/mol. The molecule has 0 spiro atoms. The Labute approximate surface area is 199 Å². The molecule has 34 heavy (non-hydrogen) atoms. The third kappa shape index (κ3) is 4.12. The smallest absolute Gasteiger partial charge is 0.203 e. The van der Waals surface area contributed by atoms with Crippen molar-refractivity contribution in [2.45, 2.75) is 5.60 Å². The van der Waals surface area contributed by atoms with Gasteiger partial charge in [0, 0.05) is 28.8 Å². The van der Waals surface area contributed by atoms with Crippen LogP contribution in [0.1, 0.15) is 16.7 Å². The molecule has 0 aromatic heterocycles. The van der Waals surface area contributed by atoms with Crippen molar-refractivity contribution in [3.8, 4) is 40.2 Å². The average molecular weight is 471 g/mol. The van der Waals surface area contributed by atoms with E-state index in [1.165, 1.54) is 35.5 Å². The molecular formula is C26H30O8. The summed E-state index contributed by atoms with van der Waals surface area (Å²) in [4.78, 5) is 0. The molecule has 0 aliphatic heterocycles. The lowest BCUT2D eigenvalue weighted by Gasteiger charge is -2.34. The number of hydrogen-bond donors (Lipinski definition) is 1. The highest BCUT2D eigenvalue weighted by Crippen LogP contribution is 2.52. The molecule has 0 saturated carbocycles. The molecule has 3 aromatic carbocycles. The lowest BCUT2D eigenvalue weighted by Crippen LogP contribution is -2.31. The summed E-state index contributed by atoms with van der Waals surface area (Å²) in [5.41, 5.74) is -0.547. The zero-order chi connectivity index (χ0) is 24.9. The predicted octanol–water partition coefficient (Wildman–Crippen LogP) is 4.03. The van der Waals surface area contributed by atoms with Gasteiger partial charge in [-0.3, -0.25) is 0 Å². The molecule has 0 bridgehead atoms. The van der Waals surface area contributed by atoms with Crippen LogP contribution in [0.5, 0.6) is 40.2 Å². The van der Waals surface area contributed by atoms with Gasteiger partial charge in [-0.1, -0.05) is 0 Å². The van der Waals surface area contributed by atoms with Gasteiger partial charge in [-0.05, 0) is 36.4 Å². The standard InChI is InChI=1S/C26H30O8/c1-28-16-8-10-18(22(14-16)31-4)26(27,19-11-9-17(29-2)15-23(19)32-5)20-12-13-21(30-3)25(34-7)24(20)33-6/h8-15,27H,1-7H3. The summed E-state index contributed by atoms with van der Waals surface area (Å²) in [6.45, 7) is 0. The molecule has 0 atom stereocenters. The van der Waals surface area contributed by atoms with Crippen molar-refractivity contribution in [1.82, 2.24) is 0 Å². The molecule has 182 valence electrons. The molecule has 0 aliphatic rings. The van der Waals surface area contributed by atoms with Crippen LogP contribution in [-0.4, -0.2) is 54.9 Å². The molecule has 3 rings (SSSR count). The van der Waals surface area contributed by atoms with Crippen LogP contribution in [-0.2, 0) is 5.60 Å². The lowest BCUT2D eigenvalue weighted by molar-refractivity contribution is 0.114. The van der Waals surface area contributed by atoms with Crippen molar-refractivity contribution in [3.63, 3.8) is 0 Å². The van der Waals surface area contributed by atoms with Crippen molar-refractivity contribution in [3.05, 3.63) is 65.2 Å². The molecule has 3 aromatic rings. The first-order valence-corrected chi connectivity index (χ1v) is 10.4. The Balaban J connectivity index is 2.48. The molecule has 0 unspecified atom stereocenters. The molecule has 0 saturated heterocycles. The van der Waals surface area contributed by atoms with Crippen LogP contribution >= 0.6 is 0 Å². The maximum absolute atomic E-state index is 12.7. The van der Waals surface area contributed by atoms with E-state index in [1.807, 2.05) is 0 Å². The third-order valence-electron chi connectivity index (χ3n) is 5.69. The second-order valence-corrected chi connectivity index (χ2v) is 7.22. The van der Waals surface area contributed by atoms with Gasteiger partial charge in [-0.15, -0.1) is 0 Å². The van der Waals surface area contributed by atoms with Crippen molar-refractivity contribution in [2.75, 3.05) is 49.8 Å². The van der Waals surface area contributed by atoms with Crippen molar-refractivity contribution in [1.29, 1.82) is 0 Å². The van der Waals surface area contributed by atoms with Crippen LogP contribution in [0.3, 0.4) is 0 Å². The van der Waals surface area contributed by atoms with E-state index in [-0.39, 0.29) is 0 Å². The summed E-state index contributed by atoms with van der Waals surface area (Å²) in [6.07, 6.45) is 0. The summed E-state index contributed by atoms with van der Waals surface area (Å²) in [5.74, 6) is 3.02. The van der Waals surface area contributed by atoms with Crippen LogP contribution in [0.2, 0.25) is 0 Å². The largest absolute Gasteiger partial charge is 0.497 e. The second-order valence-electron chi connectivity index (χ2n) is 7.22. The maximum atomic E-state index is 12.7. The first-order valence-electron chi connectivity index (χ1n) is 10.4. The quantitative estimate of drug-likeness (QED) is 0.445. The summed E-state index contributed by atoms with van der Waals surface area (Å²) in [7, 11) is 10.7. The zero-order valence-corrected chi connectivity index (χ0v) is 20.4. The van der Waals surface area contributed by atoms with E-state index in [0.29, 0.717) is 56.9 Å². The van der Waals surface area contributed by atoms with Crippen LogP contribution in [0.25, 0.3) is 0 Å². The SMILES string of the molecule is COc1ccc(C(O)(c2ccc(OC)cc2OC)c2ccc(OC)c(OC)c2OC)c(OC)c1. The van der Waals surface area contributed by atoms with E-state index in [2.05, 4.69) is 0 Å². The maximum Gasteiger partial charge on any atom is 0.203 e. The van der Waals surface area contributed by atoms with E-state index in [9.17, 15) is 5.11 Å². The molecule has 0 heterocycles. The second kappa shape index (κ2) is 10.4. The van der Waals surface area contributed by atoms with Crippen LogP contribution < -0.4 is 33.2 Å². The fourth-order valence-electron chi connectivity index (χ4n) is 4.02. The highest BCUT2D eigenvalue weighted by Gasteiger charge is 2.43. The van der Waals surface area contributed by atoms with E-state index in [0.717, 1.165) is 0 Å². The number of aliphatic hydroxyl groups is 1. The molecule has 0 fully saturated rings. The van der Waals surface area contributed by atoms with Gasteiger partial charge in [-0.25, -0.2) is 0 Å². The Morgan fingerprint density at radius 1 is 0.471 bits per heavy atom. The average Bonchev–Trinajstić information content (AvgIpc) is 2.90. The fraction of sp³-hybridized carbons (Fsp3) is 0.308. The molecule has 0 radical (unpaired) electrons. The van der Waals surface area contributed by atoms with Crippen LogP contribution in [0.4, 0.5) is 0 Å². The highest BCUT2D eigenvalue weighted by atomic mass is 16.5. The van der Waals surface area contributed by atoms with Gasteiger partial charge in [-0.2, -0.15) is 0 Å². The minimum atomic E-state index is -1.81. The molecule has 8 nitrogen and oxygen atoms in total. The molecule has 0 aliphatic carbocycles. The Kier molecular flexibility index (Phi) is 7.63. The first kappa shape index (κ1) is 24.9. The summed E-state index contributed by atoms with van der Waals surface area (Å²) in [5, 5.41) is 12.7. The highest BCUT2D eigenvalue weighted by molar-refractivity contribution is 5.66. The number of benzene rings is 3. The van der Waals surface area contributed by atoms with Gasteiger partial charge in [0.05, 0.1) is 49.8 Å². The Morgan fingerprint density at radius 2 is 0.912 bits per heavy atom.